The van der Waals surface area contributed by atoms with E-state index >= 15 is 0 Å². The van der Waals surface area contributed by atoms with Gasteiger partial charge in [-0.2, -0.15) is 13.2 Å². The highest BCUT2D eigenvalue weighted by molar-refractivity contribution is 6.32. The number of hydrogen-bond acceptors (Lipinski definition) is 4. The quantitative estimate of drug-likeness (QED) is 0.284. The van der Waals surface area contributed by atoms with Crippen LogP contribution in [-0.2, 0) is 11.0 Å². The Kier molecular flexibility index (Phi) is 5.36. The van der Waals surface area contributed by atoms with Crippen molar-refractivity contribution in [2.45, 2.75) is 12.2 Å². The fourth-order valence-corrected chi connectivity index (χ4v) is 3.30. The molecule has 0 unspecified atom stereocenters. The summed E-state index contributed by atoms with van der Waals surface area (Å²) in [5.41, 5.74) is 0.292. The zero-order chi connectivity index (χ0) is 22.2. The van der Waals surface area contributed by atoms with Gasteiger partial charge in [-0.05, 0) is 29.8 Å². The molecule has 0 N–H and O–H groups in total. The Labute approximate surface area is 177 Å². The SMILES string of the molecule is O=C[C@H](c1ccccc1)n1nnc2ccc(Oc3c(F)cc(C(F)(F)F)cc3Cl)cc21. The molecule has 0 amide bonds. The molecule has 0 aliphatic carbocycles. The number of carbonyl (C=O) groups is 1. The van der Waals surface area contributed by atoms with Gasteiger partial charge < -0.3 is 9.53 Å². The van der Waals surface area contributed by atoms with E-state index in [-0.39, 0.29) is 5.75 Å². The van der Waals surface area contributed by atoms with Crippen molar-refractivity contribution in [1.82, 2.24) is 15.0 Å². The van der Waals surface area contributed by atoms with Gasteiger partial charge in [0.05, 0.1) is 16.1 Å². The lowest BCUT2D eigenvalue weighted by Gasteiger charge is -2.14. The number of hydrogen-bond donors (Lipinski definition) is 0. The third-order valence-corrected chi connectivity index (χ3v) is 4.80. The number of aldehydes is 1. The van der Waals surface area contributed by atoms with E-state index in [1.54, 1.807) is 30.3 Å². The van der Waals surface area contributed by atoms with E-state index in [9.17, 15) is 22.4 Å². The fourth-order valence-electron chi connectivity index (χ4n) is 3.05. The van der Waals surface area contributed by atoms with Crippen molar-refractivity contribution in [3.63, 3.8) is 0 Å². The largest absolute Gasteiger partial charge is 0.453 e. The molecule has 3 aromatic carbocycles. The highest BCUT2D eigenvalue weighted by Gasteiger charge is 2.32. The second-order valence-corrected chi connectivity index (χ2v) is 6.95. The summed E-state index contributed by atoms with van der Waals surface area (Å²) in [6, 6.07) is 13.4. The minimum Gasteiger partial charge on any atom is -0.453 e. The Morgan fingerprint density at radius 1 is 1.06 bits per heavy atom. The van der Waals surface area contributed by atoms with Crippen LogP contribution in [0.2, 0.25) is 5.02 Å². The summed E-state index contributed by atoms with van der Waals surface area (Å²) in [6.45, 7) is 0. The molecule has 31 heavy (non-hydrogen) atoms. The van der Waals surface area contributed by atoms with Gasteiger partial charge in [0, 0.05) is 6.07 Å². The van der Waals surface area contributed by atoms with Gasteiger partial charge in [0.15, 0.2) is 11.6 Å². The van der Waals surface area contributed by atoms with Crippen LogP contribution in [0.25, 0.3) is 11.0 Å². The topological polar surface area (TPSA) is 57.0 Å². The van der Waals surface area contributed by atoms with Crippen molar-refractivity contribution in [1.29, 1.82) is 0 Å². The van der Waals surface area contributed by atoms with Crippen molar-refractivity contribution in [2.24, 2.45) is 0 Å². The summed E-state index contributed by atoms with van der Waals surface area (Å²) in [4.78, 5) is 11.7. The number of ether oxygens (including phenoxy) is 1. The Hall–Kier alpha value is -3.46. The first kappa shape index (κ1) is 20.8. The lowest BCUT2D eigenvalue weighted by Crippen LogP contribution is -2.13. The zero-order valence-electron chi connectivity index (χ0n) is 15.5. The Morgan fingerprint density at radius 3 is 2.45 bits per heavy atom. The normalized spacial score (nSPS) is 12.7. The molecule has 0 aliphatic heterocycles. The average Bonchev–Trinajstić information content (AvgIpc) is 3.14. The van der Waals surface area contributed by atoms with E-state index in [0.29, 0.717) is 35.0 Å². The van der Waals surface area contributed by atoms with Crippen LogP contribution >= 0.6 is 11.6 Å². The number of rotatable bonds is 5. The molecule has 0 aliphatic rings. The van der Waals surface area contributed by atoms with Gasteiger partial charge in [0.1, 0.15) is 23.6 Å². The maximum atomic E-state index is 14.3. The number of carbonyl (C=O) groups excluding carboxylic acids is 1. The molecule has 1 atom stereocenters. The van der Waals surface area contributed by atoms with Gasteiger partial charge in [0.25, 0.3) is 0 Å². The molecule has 0 spiro atoms. The van der Waals surface area contributed by atoms with Crippen LogP contribution in [0.3, 0.4) is 0 Å². The van der Waals surface area contributed by atoms with Gasteiger partial charge in [-0.1, -0.05) is 47.1 Å². The van der Waals surface area contributed by atoms with Crippen LogP contribution in [0.5, 0.6) is 11.5 Å². The second kappa shape index (κ2) is 7.99. The molecule has 4 rings (SSSR count). The van der Waals surface area contributed by atoms with Gasteiger partial charge in [-0.15, -0.1) is 5.10 Å². The Bertz CT molecular complexity index is 1240. The van der Waals surface area contributed by atoms with E-state index in [1.165, 1.54) is 22.9 Å². The maximum absolute atomic E-state index is 14.3. The number of fused-ring (bicyclic) bond motifs is 1. The van der Waals surface area contributed by atoms with E-state index in [4.69, 9.17) is 16.3 Å². The predicted molar refractivity (Wildman–Crippen MR) is 105 cm³/mol. The number of halogens is 5. The van der Waals surface area contributed by atoms with Crippen LogP contribution in [0.15, 0.2) is 60.7 Å². The van der Waals surface area contributed by atoms with Crippen LogP contribution in [0.1, 0.15) is 17.2 Å². The van der Waals surface area contributed by atoms with E-state index < -0.39 is 34.4 Å². The molecule has 158 valence electrons. The molecule has 0 fully saturated rings. The lowest BCUT2D eigenvalue weighted by molar-refractivity contribution is -0.137. The molecule has 0 saturated heterocycles. The molecule has 1 aromatic heterocycles. The third kappa shape index (κ3) is 4.09. The zero-order valence-corrected chi connectivity index (χ0v) is 16.2. The smallest absolute Gasteiger partial charge is 0.416 e. The maximum Gasteiger partial charge on any atom is 0.416 e. The molecule has 5 nitrogen and oxygen atoms in total. The first-order chi connectivity index (χ1) is 14.8. The molecule has 1 heterocycles. The number of nitrogens with zero attached hydrogens (tertiary/aromatic N) is 3. The standard InChI is InChI=1S/C21H12ClF4N3O2/c22-15-8-13(21(24,25)26)9-16(23)20(15)31-14-6-7-17-18(10-14)29(28-27-17)19(11-30)12-4-2-1-3-5-12/h1-11,19H/t19-/m1/s1. The molecule has 0 radical (unpaired) electrons. The highest BCUT2D eigenvalue weighted by atomic mass is 35.5. The van der Waals surface area contributed by atoms with Crippen LogP contribution in [0, 0.1) is 5.82 Å². The summed E-state index contributed by atoms with van der Waals surface area (Å²) in [7, 11) is 0. The first-order valence-corrected chi connectivity index (χ1v) is 9.25. The average molecular weight is 450 g/mol. The second-order valence-electron chi connectivity index (χ2n) is 6.54. The van der Waals surface area contributed by atoms with Gasteiger partial charge in [-0.3, -0.25) is 0 Å². The van der Waals surface area contributed by atoms with Crippen LogP contribution in [0.4, 0.5) is 17.6 Å². The van der Waals surface area contributed by atoms with Crippen molar-refractivity contribution < 1.29 is 27.1 Å². The molecule has 0 saturated carbocycles. The van der Waals surface area contributed by atoms with Crippen molar-refractivity contribution in [3.05, 3.63) is 82.6 Å². The van der Waals surface area contributed by atoms with Crippen molar-refractivity contribution >= 4 is 28.9 Å². The third-order valence-electron chi connectivity index (χ3n) is 4.52. The molecule has 4 aromatic rings. The van der Waals surface area contributed by atoms with Crippen LogP contribution < -0.4 is 4.74 Å². The molecular formula is C21H12ClF4N3O2. The summed E-state index contributed by atoms with van der Waals surface area (Å²) < 4.78 is 59.6. The van der Waals surface area contributed by atoms with Crippen LogP contribution in [-0.4, -0.2) is 21.3 Å². The summed E-state index contributed by atoms with van der Waals surface area (Å²) in [5, 5.41) is 7.49. The molecular weight excluding hydrogens is 438 g/mol. The lowest BCUT2D eigenvalue weighted by atomic mass is 10.1. The number of alkyl halides is 3. The Balaban J connectivity index is 1.72. The van der Waals surface area contributed by atoms with Gasteiger partial charge in [-0.25, -0.2) is 9.07 Å². The minimum atomic E-state index is -4.75. The van der Waals surface area contributed by atoms with E-state index in [0.717, 1.165) is 0 Å². The van der Waals surface area contributed by atoms with Gasteiger partial charge in [0.2, 0.25) is 0 Å². The van der Waals surface area contributed by atoms with Gasteiger partial charge >= 0.3 is 6.18 Å². The summed E-state index contributed by atoms with van der Waals surface area (Å²) in [5.74, 6) is -1.74. The number of aromatic nitrogens is 3. The Morgan fingerprint density at radius 2 is 1.81 bits per heavy atom. The molecule has 0 bridgehead atoms. The summed E-state index contributed by atoms with van der Waals surface area (Å²) >= 11 is 5.83. The first-order valence-electron chi connectivity index (χ1n) is 8.87. The van der Waals surface area contributed by atoms with Crippen molar-refractivity contribution in [2.75, 3.05) is 0 Å². The van der Waals surface area contributed by atoms with E-state index in [1.807, 2.05) is 0 Å². The molecule has 10 heteroatoms. The van der Waals surface area contributed by atoms with Crippen molar-refractivity contribution in [3.8, 4) is 11.5 Å². The summed E-state index contributed by atoms with van der Waals surface area (Å²) in [6.07, 6.45) is -4.05. The highest BCUT2D eigenvalue weighted by Crippen LogP contribution is 2.39. The number of benzene rings is 3. The minimum absolute atomic E-state index is 0.0781. The fraction of sp³-hybridized carbons (Fsp3) is 0.0952. The monoisotopic (exact) mass is 449 g/mol. The predicted octanol–water partition coefficient (Wildman–Crippen LogP) is 5.82. The van der Waals surface area contributed by atoms with E-state index in [2.05, 4.69) is 10.3 Å².